The molecular formula is C44H66N2O9S. The molecule has 312 valence electrons. The van der Waals surface area contributed by atoms with Gasteiger partial charge in [0.15, 0.2) is 5.78 Å². The molecule has 5 fully saturated rings. The van der Waals surface area contributed by atoms with Crippen molar-refractivity contribution in [1.82, 2.24) is 10.2 Å². The van der Waals surface area contributed by atoms with E-state index in [1.54, 1.807) is 0 Å². The smallest absolute Gasteiger partial charge is 0.306 e. The third-order valence-corrected chi connectivity index (χ3v) is 16.7. The summed E-state index contributed by atoms with van der Waals surface area (Å²) >= 11 is 1.53. The van der Waals surface area contributed by atoms with Crippen LogP contribution < -0.4 is 5.32 Å². The minimum absolute atomic E-state index is 0.00223. The first-order chi connectivity index (χ1) is 26.7. The second-order valence-electron chi connectivity index (χ2n) is 18.6. The number of amides is 2. The third kappa shape index (κ3) is 8.23. The summed E-state index contributed by atoms with van der Waals surface area (Å²) in [5.74, 6) is 2.79. The minimum Gasteiger partial charge on any atom is -0.463 e. The summed E-state index contributed by atoms with van der Waals surface area (Å²) in [6, 6.07) is -0.709. The Morgan fingerprint density at radius 3 is 2.46 bits per heavy atom. The Morgan fingerprint density at radius 2 is 1.73 bits per heavy atom. The maximum absolute atomic E-state index is 13.7. The van der Waals surface area contributed by atoms with Crippen LogP contribution in [0.4, 0.5) is 0 Å². The highest BCUT2D eigenvalue weighted by atomic mass is 32.2. The number of Topliss-reactive ketones (excluding diaryl/α,β-unsaturated/α-hetero) is 1. The Balaban J connectivity index is 1.01. The summed E-state index contributed by atoms with van der Waals surface area (Å²) < 4.78 is 10.6. The fourth-order valence-electron chi connectivity index (χ4n) is 12.4. The monoisotopic (exact) mass is 798 g/mol. The second kappa shape index (κ2) is 17.8. The highest BCUT2D eigenvalue weighted by Gasteiger charge is 2.65. The van der Waals surface area contributed by atoms with E-state index in [-0.39, 0.29) is 77.4 Å². The maximum Gasteiger partial charge on any atom is 0.306 e. The van der Waals surface area contributed by atoms with E-state index in [0.717, 1.165) is 50.5 Å². The molecule has 12 heteroatoms. The van der Waals surface area contributed by atoms with Gasteiger partial charge in [-0.05, 0) is 123 Å². The standard InChI is InChI=1S/C44H66N2O9S/c1-7-9-27(22-35(50)55-20-19-54-18-8-2)21-33(48)38-26(4)24-56-42-37(41(53)46(38)42)45-34(49)13-10-25(3)29-11-12-30-36-31(15-17-43(29,30)5)44(6)16-14-28(47)23-32(44)39(51)40(36)52/h1,25,27-32,36-37,39-40,42,47,51-52H,8-24H2,2-6H3,(H,45,49)/t25-,27?,28-,29-,30+,31+,32+,36+,37?,39?,40?,42?,43-,44-/m1/s1. The number of ether oxygens (including phenoxy) is 2. The molecule has 1 saturated heterocycles. The van der Waals surface area contributed by atoms with E-state index < -0.39 is 36.2 Å². The Bertz CT molecular complexity index is 1560. The highest BCUT2D eigenvalue weighted by molar-refractivity contribution is 8.00. The number of terminal acetylenes is 1. The van der Waals surface area contributed by atoms with Gasteiger partial charge in [-0.15, -0.1) is 24.1 Å². The van der Waals surface area contributed by atoms with Gasteiger partial charge in [0.2, 0.25) is 5.91 Å². The number of carbonyl (C=O) groups is 4. The molecule has 11 nitrogen and oxygen atoms in total. The largest absolute Gasteiger partial charge is 0.463 e. The summed E-state index contributed by atoms with van der Waals surface area (Å²) in [6.07, 6.45) is 12.0. The number of ketones is 1. The molecule has 0 radical (unpaired) electrons. The topological polar surface area (TPSA) is 163 Å². The van der Waals surface area contributed by atoms with Gasteiger partial charge in [-0.3, -0.25) is 24.1 Å². The van der Waals surface area contributed by atoms with Gasteiger partial charge >= 0.3 is 5.97 Å². The lowest BCUT2D eigenvalue weighted by Crippen LogP contribution is -2.70. The van der Waals surface area contributed by atoms with E-state index in [9.17, 15) is 34.5 Å². The molecule has 5 unspecified atom stereocenters. The number of β-lactam (4-membered cyclic amide) rings is 1. The minimum atomic E-state index is -0.818. The SMILES string of the molecule is C#CCC(CC(=O)OCCOCCC)CC(=O)C1=C(C)CSC2C(NC(=O)CC[C@@H](C)[C@H]3CC[C@H]4[C@@H]5C(O)C(O)[C@@H]6C[C@H](O)CC[C@]6(C)[C@H]5CC[C@]34C)C(=O)N12. The van der Waals surface area contributed by atoms with Crippen molar-refractivity contribution >= 4 is 35.3 Å². The van der Waals surface area contributed by atoms with Crippen molar-refractivity contribution in [2.24, 2.45) is 52.3 Å². The first-order valence-corrected chi connectivity index (χ1v) is 22.4. The summed E-state index contributed by atoms with van der Waals surface area (Å²) in [7, 11) is 0. The van der Waals surface area contributed by atoms with Crippen molar-refractivity contribution in [2.75, 3.05) is 25.6 Å². The lowest BCUT2D eigenvalue weighted by molar-refractivity contribution is -0.223. The normalized spacial score (nSPS) is 38.6. The number of fused-ring (bicyclic) bond motifs is 6. The second-order valence-corrected chi connectivity index (χ2v) is 19.7. The first-order valence-electron chi connectivity index (χ1n) is 21.3. The van der Waals surface area contributed by atoms with Gasteiger partial charge in [0.25, 0.3) is 5.91 Å². The van der Waals surface area contributed by atoms with Crippen molar-refractivity contribution < 1.29 is 44.0 Å². The fourth-order valence-corrected chi connectivity index (χ4v) is 13.7. The van der Waals surface area contributed by atoms with Crippen molar-refractivity contribution in [2.45, 2.75) is 148 Å². The van der Waals surface area contributed by atoms with Crippen molar-refractivity contribution in [3.63, 3.8) is 0 Å². The lowest BCUT2D eigenvalue weighted by Gasteiger charge is -2.63. The van der Waals surface area contributed by atoms with Crippen LogP contribution in [0, 0.1) is 64.6 Å². The third-order valence-electron chi connectivity index (χ3n) is 15.2. The van der Waals surface area contributed by atoms with Crippen molar-refractivity contribution in [3.8, 4) is 12.3 Å². The van der Waals surface area contributed by atoms with Crippen molar-refractivity contribution in [1.29, 1.82) is 0 Å². The lowest BCUT2D eigenvalue weighted by atomic mass is 9.43. The van der Waals surface area contributed by atoms with Crippen LogP contribution in [0.1, 0.15) is 118 Å². The van der Waals surface area contributed by atoms with Crippen LogP contribution >= 0.6 is 11.8 Å². The van der Waals surface area contributed by atoms with Crippen LogP contribution in [-0.4, -0.2) is 99.1 Å². The Labute approximate surface area is 337 Å². The summed E-state index contributed by atoms with van der Waals surface area (Å²) in [5.41, 5.74) is 1.07. The molecule has 0 spiro atoms. The highest BCUT2D eigenvalue weighted by Crippen LogP contribution is 2.68. The molecule has 2 amide bonds. The molecule has 0 aromatic rings. The average molecular weight is 799 g/mol. The number of nitrogens with one attached hydrogen (secondary N) is 1. The molecule has 2 aliphatic heterocycles. The number of thioether (sulfide) groups is 1. The van der Waals surface area contributed by atoms with Crippen LogP contribution in [0.5, 0.6) is 0 Å². The number of hydrogen-bond acceptors (Lipinski definition) is 10. The molecule has 6 aliphatic rings. The van der Waals surface area contributed by atoms with E-state index in [2.05, 4.69) is 32.0 Å². The Hall–Kier alpha value is -2.43. The van der Waals surface area contributed by atoms with E-state index >= 15 is 0 Å². The van der Waals surface area contributed by atoms with Gasteiger partial charge in [0, 0.05) is 38.0 Å². The summed E-state index contributed by atoms with van der Waals surface area (Å²) in [4.78, 5) is 54.7. The Kier molecular flexibility index (Phi) is 13.7. The zero-order chi connectivity index (χ0) is 40.5. The number of aliphatic hydroxyl groups excluding tert-OH is 3. The number of aliphatic hydroxyl groups is 3. The van der Waals surface area contributed by atoms with Crippen LogP contribution in [0.2, 0.25) is 0 Å². The molecule has 14 atom stereocenters. The molecule has 0 bridgehead atoms. The predicted octanol–water partition coefficient (Wildman–Crippen LogP) is 5.00. The zero-order valence-electron chi connectivity index (χ0n) is 34.2. The Morgan fingerprint density at radius 1 is 1.00 bits per heavy atom. The number of carbonyl (C=O) groups excluding carboxylic acids is 4. The van der Waals surface area contributed by atoms with Crippen LogP contribution in [0.25, 0.3) is 0 Å². The molecular weight excluding hydrogens is 733 g/mol. The molecule has 0 aromatic carbocycles. The number of allylic oxidation sites excluding steroid dienone is 1. The van der Waals surface area contributed by atoms with Gasteiger partial charge in [-0.2, -0.15) is 0 Å². The maximum atomic E-state index is 13.7. The molecule has 0 aromatic heterocycles. The number of rotatable bonds is 16. The van der Waals surface area contributed by atoms with Crippen LogP contribution in [0.3, 0.4) is 0 Å². The summed E-state index contributed by atoms with van der Waals surface area (Å²) in [5, 5.41) is 36.1. The molecule has 2 heterocycles. The van der Waals surface area contributed by atoms with E-state index in [4.69, 9.17) is 15.9 Å². The molecule has 4 saturated carbocycles. The quantitative estimate of drug-likeness (QED) is 0.0724. The predicted molar refractivity (Wildman–Crippen MR) is 213 cm³/mol. The molecule has 56 heavy (non-hydrogen) atoms. The number of esters is 1. The zero-order valence-corrected chi connectivity index (χ0v) is 35.0. The van der Waals surface area contributed by atoms with Gasteiger partial charge in [-0.25, -0.2) is 0 Å². The number of nitrogens with zero attached hydrogens (tertiary/aromatic N) is 1. The van der Waals surface area contributed by atoms with E-state index in [0.29, 0.717) is 61.7 Å². The summed E-state index contributed by atoms with van der Waals surface area (Å²) in [6.45, 7) is 11.8. The van der Waals surface area contributed by atoms with Crippen molar-refractivity contribution in [3.05, 3.63) is 11.3 Å². The van der Waals surface area contributed by atoms with Gasteiger partial charge in [-0.1, -0.05) is 27.7 Å². The van der Waals surface area contributed by atoms with Gasteiger partial charge in [0.05, 0.1) is 30.6 Å². The number of hydrogen-bond donors (Lipinski definition) is 4. The molecule has 4 aliphatic carbocycles. The first kappa shape index (κ1) is 43.2. The molecule has 6 rings (SSSR count). The molecule has 4 N–H and O–H groups in total. The van der Waals surface area contributed by atoms with Crippen LogP contribution in [0.15, 0.2) is 11.3 Å². The van der Waals surface area contributed by atoms with Gasteiger partial charge < -0.3 is 30.1 Å². The van der Waals surface area contributed by atoms with Gasteiger partial charge in [0.1, 0.15) is 18.0 Å². The van der Waals surface area contributed by atoms with E-state index in [1.807, 2.05) is 13.8 Å². The van der Waals surface area contributed by atoms with Crippen LogP contribution in [-0.2, 0) is 28.7 Å². The fraction of sp³-hybridized carbons (Fsp3) is 0.818. The average Bonchev–Trinajstić information content (AvgIpc) is 3.52. The van der Waals surface area contributed by atoms with E-state index in [1.165, 1.54) is 16.7 Å².